The Morgan fingerprint density at radius 1 is 1.36 bits per heavy atom. The van der Waals surface area contributed by atoms with Gasteiger partial charge >= 0.3 is 0 Å². The van der Waals surface area contributed by atoms with E-state index in [9.17, 15) is 0 Å². The first-order valence-electron chi connectivity index (χ1n) is 3.89. The number of rotatable bonds is 0. The highest BCUT2D eigenvalue weighted by molar-refractivity contribution is 6.33. The quantitative estimate of drug-likeness (QED) is 0.627. The van der Waals surface area contributed by atoms with Gasteiger partial charge in [-0.3, -0.25) is 0 Å². The molecule has 58 valence electrons. The van der Waals surface area contributed by atoms with Gasteiger partial charge in [-0.05, 0) is 24.5 Å². The lowest BCUT2D eigenvalue weighted by atomic mass is 10.0. The van der Waals surface area contributed by atoms with Crippen molar-refractivity contribution >= 4 is 17.3 Å². The number of fused-ring (bicyclic) bond motifs is 1. The van der Waals surface area contributed by atoms with Crippen LogP contribution in [0.2, 0.25) is 5.02 Å². The van der Waals surface area contributed by atoms with E-state index in [1.165, 1.54) is 12.0 Å². The first kappa shape index (κ1) is 6.99. The van der Waals surface area contributed by atoms with E-state index in [4.69, 9.17) is 11.6 Å². The summed E-state index contributed by atoms with van der Waals surface area (Å²) in [6.45, 7) is 1.05. The lowest BCUT2D eigenvalue weighted by Gasteiger charge is -2.18. The Morgan fingerprint density at radius 2 is 2.27 bits per heavy atom. The van der Waals surface area contributed by atoms with Crippen molar-refractivity contribution in [3.8, 4) is 0 Å². The van der Waals surface area contributed by atoms with E-state index < -0.39 is 0 Å². The maximum absolute atomic E-state index is 5.98. The minimum Gasteiger partial charge on any atom is -0.384 e. The second kappa shape index (κ2) is 2.74. The Labute approximate surface area is 71.4 Å². The molecule has 1 aliphatic rings. The Morgan fingerprint density at radius 3 is 3.09 bits per heavy atom. The summed E-state index contributed by atoms with van der Waals surface area (Å²) in [7, 11) is 0. The fraction of sp³-hybridized carbons (Fsp3) is 0.333. The molecule has 0 spiro atoms. The Kier molecular flexibility index (Phi) is 1.74. The molecule has 11 heavy (non-hydrogen) atoms. The molecule has 1 aromatic carbocycles. The molecule has 1 heterocycles. The third-order valence-corrected chi connectivity index (χ3v) is 2.34. The van der Waals surface area contributed by atoms with E-state index in [-0.39, 0.29) is 0 Å². The van der Waals surface area contributed by atoms with Gasteiger partial charge in [0.25, 0.3) is 0 Å². The lowest BCUT2D eigenvalue weighted by molar-refractivity contribution is 0.830. The van der Waals surface area contributed by atoms with E-state index in [0.29, 0.717) is 0 Å². The smallest absolute Gasteiger partial charge is 0.0640 e. The van der Waals surface area contributed by atoms with Gasteiger partial charge in [0.1, 0.15) is 0 Å². The third kappa shape index (κ3) is 1.21. The van der Waals surface area contributed by atoms with Gasteiger partial charge in [0.15, 0.2) is 0 Å². The predicted octanol–water partition coefficient (Wildman–Crippen LogP) is 2.70. The number of anilines is 1. The normalized spacial score (nSPS) is 15.4. The second-order valence-electron chi connectivity index (χ2n) is 2.80. The Bertz CT molecular complexity index is 270. The van der Waals surface area contributed by atoms with Gasteiger partial charge in [0.05, 0.1) is 10.7 Å². The average molecular weight is 168 g/mol. The van der Waals surface area contributed by atoms with Crippen molar-refractivity contribution in [1.29, 1.82) is 0 Å². The molecule has 0 aliphatic carbocycles. The van der Waals surface area contributed by atoms with Gasteiger partial charge < -0.3 is 5.32 Å². The zero-order valence-electron chi connectivity index (χ0n) is 6.23. The van der Waals surface area contributed by atoms with Crippen LogP contribution in [0.25, 0.3) is 0 Å². The molecule has 0 radical (unpaired) electrons. The third-order valence-electron chi connectivity index (χ3n) is 2.02. The van der Waals surface area contributed by atoms with Crippen LogP contribution in [0.5, 0.6) is 0 Å². The topological polar surface area (TPSA) is 12.0 Å². The van der Waals surface area contributed by atoms with Crippen LogP contribution in [0, 0.1) is 0 Å². The molecule has 1 nitrogen and oxygen atoms in total. The molecule has 0 unspecified atom stereocenters. The highest BCUT2D eigenvalue weighted by Gasteiger charge is 2.09. The van der Waals surface area contributed by atoms with Crippen LogP contribution in [0.4, 0.5) is 5.69 Å². The molecule has 0 fully saturated rings. The molecular weight excluding hydrogens is 158 g/mol. The van der Waals surface area contributed by atoms with Crippen molar-refractivity contribution in [2.75, 3.05) is 11.9 Å². The van der Waals surface area contributed by atoms with Crippen molar-refractivity contribution < 1.29 is 0 Å². The molecule has 2 heteroatoms. The zero-order valence-corrected chi connectivity index (χ0v) is 6.99. The molecule has 0 atom stereocenters. The minimum absolute atomic E-state index is 0.849. The standard InChI is InChI=1S/C9H10ClN/c10-8-5-1-3-7-4-2-6-11-9(7)8/h1,3,5,11H,2,4,6H2. The molecule has 0 amide bonds. The number of nitrogens with one attached hydrogen (secondary N) is 1. The lowest BCUT2D eigenvalue weighted by Crippen LogP contribution is -2.11. The van der Waals surface area contributed by atoms with Crippen LogP contribution >= 0.6 is 11.6 Å². The number of para-hydroxylation sites is 1. The molecule has 1 aromatic rings. The minimum atomic E-state index is 0.849. The van der Waals surface area contributed by atoms with Gasteiger partial charge in [-0.1, -0.05) is 23.7 Å². The highest BCUT2D eigenvalue weighted by atomic mass is 35.5. The fourth-order valence-electron chi connectivity index (χ4n) is 1.47. The van der Waals surface area contributed by atoms with Gasteiger partial charge in [0.2, 0.25) is 0 Å². The molecule has 0 saturated carbocycles. The zero-order chi connectivity index (χ0) is 7.68. The molecule has 0 saturated heterocycles. The van der Waals surface area contributed by atoms with Crippen LogP contribution in [0.3, 0.4) is 0 Å². The first-order chi connectivity index (χ1) is 5.38. The second-order valence-corrected chi connectivity index (χ2v) is 3.21. The summed E-state index contributed by atoms with van der Waals surface area (Å²) in [5, 5.41) is 4.15. The summed E-state index contributed by atoms with van der Waals surface area (Å²) in [5.41, 5.74) is 2.49. The number of hydrogen-bond acceptors (Lipinski definition) is 1. The van der Waals surface area contributed by atoms with Crippen LogP contribution in [0.15, 0.2) is 18.2 Å². The van der Waals surface area contributed by atoms with Crippen LogP contribution in [-0.4, -0.2) is 6.54 Å². The SMILES string of the molecule is Clc1cccc2c1NCCC2. The first-order valence-corrected chi connectivity index (χ1v) is 4.27. The average Bonchev–Trinajstić information content (AvgIpc) is 2.06. The van der Waals surface area contributed by atoms with E-state index in [1.54, 1.807) is 0 Å². The number of hydrogen-bond donors (Lipinski definition) is 1. The predicted molar refractivity (Wildman–Crippen MR) is 48.3 cm³/mol. The Balaban J connectivity index is 2.49. The highest BCUT2D eigenvalue weighted by Crippen LogP contribution is 2.29. The number of benzene rings is 1. The van der Waals surface area contributed by atoms with Crippen molar-refractivity contribution in [2.45, 2.75) is 12.8 Å². The van der Waals surface area contributed by atoms with Gasteiger partial charge in [-0.25, -0.2) is 0 Å². The molecule has 1 N–H and O–H groups in total. The van der Waals surface area contributed by atoms with Crippen molar-refractivity contribution in [3.63, 3.8) is 0 Å². The molecule has 0 bridgehead atoms. The maximum Gasteiger partial charge on any atom is 0.0640 e. The van der Waals surface area contributed by atoms with E-state index in [1.807, 2.05) is 12.1 Å². The summed E-state index contributed by atoms with van der Waals surface area (Å²) < 4.78 is 0. The summed E-state index contributed by atoms with van der Waals surface area (Å²) in [4.78, 5) is 0. The number of aryl methyl sites for hydroxylation is 1. The largest absolute Gasteiger partial charge is 0.384 e. The van der Waals surface area contributed by atoms with E-state index in [0.717, 1.165) is 23.7 Å². The van der Waals surface area contributed by atoms with Crippen molar-refractivity contribution in [1.82, 2.24) is 0 Å². The van der Waals surface area contributed by atoms with Crippen LogP contribution in [0.1, 0.15) is 12.0 Å². The van der Waals surface area contributed by atoms with Crippen molar-refractivity contribution in [3.05, 3.63) is 28.8 Å². The molecule has 1 aliphatic heterocycles. The molecular formula is C9H10ClN. The number of halogens is 1. The summed E-state index contributed by atoms with van der Waals surface area (Å²) in [5.74, 6) is 0. The fourth-order valence-corrected chi connectivity index (χ4v) is 1.73. The van der Waals surface area contributed by atoms with E-state index >= 15 is 0 Å². The summed E-state index contributed by atoms with van der Waals surface area (Å²) in [6, 6.07) is 6.07. The van der Waals surface area contributed by atoms with Gasteiger partial charge in [0, 0.05) is 6.54 Å². The summed E-state index contributed by atoms with van der Waals surface area (Å²) >= 11 is 5.98. The van der Waals surface area contributed by atoms with Crippen molar-refractivity contribution in [2.24, 2.45) is 0 Å². The monoisotopic (exact) mass is 167 g/mol. The van der Waals surface area contributed by atoms with Crippen LogP contribution in [-0.2, 0) is 6.42 Å². The van der Waals surface area contributed by atoms with E-state index in [2.05, 4.69) is 11.4 Å². The van der Waals surface area contributed by atoms with Gasteiger partial charge in [-0.15, -0.1) is 0 Å². The van der Waals surface area contributed by atoms with Crippen LogP contribution < -0.4 is 5.32 Å². The summed E-state index contributed by atoms with van der Waals surface area (Å²) in [6.07, 6.45) is 2.37. The molecule has 2 rings (SSSR count). The molecule has 0 aromatic heterocycles. The maximum atomic E-state index is 5.98. The van der Waals surface area contributed by atoms with Gasteiger partial charge in [-0.2, -0.15) is 0 Å². The Hall–Kier alpha value is -0.690.